The Hall–Kier alpha value is -2.44. The minimum Gasteiger partial charge on any atom is -0.466 e. The Kier molecular flexibility index (Phi) is 57.1. The van der Waals surface area contributed by atoms with Gasteiger partial charge in [0.15, 0.2) is 0 Å². The number of ether oxygens (including phenoxy) is 1. The summed E-state index contributed by atoms with van der Waals surface area (Å²) in [6, 6.07) is -0.638. The van der Waals surface area contributed by atoms with Gasteiger partial charge in [0.1, 0.15) is 0 Å². The van der Waals surface area contributed by atoms with Crippen LogP contribution in [0.3, 0.4) is 0 Å². The van der Waals surface area contributed by atoms with Crippen molar-refractivity contribution in [1.82, 2.24) is 5.32 Å². The quantitative estimate of drug-likeness (QED) is 0.0244. The lowest BCUT2D eigenvalue weighted by atomic mass is 10.0. The van der Waals surface area contributed by atoms with Crippen LogP contribution in [0, 0.1) is 0 Å². The summed E-state index contributed by atoms with van der Waals surface area (Å²) in [7, 11) is 0. The minimum atomic E-state index is -0.853. The first-order valence-corrected chi connectivity index (χ1v) is 30.6. The van der Waals surface area contributed by atoms with Crippen LogP contribution in [0.2, 0.25) is 0 Å². The predicted molar refractivity (Wildman–Crippen MR) is 305 cm³/mol. The van der Waals surface area contributed by atoms with Gasteiger partial charge in [0, 0.05) is 12.8 Å². The number of aliphatic hydroxyl groups excluding tert-OH is 2. The molecule has 0 aromatic rings. The molecule has 0 saturated carbocycles. The van der Waals surface area contributed by atoms with Crippen LogP contribution >= 0.6 is 0 Å². The van der Waals surface area contributed by atoms with Gasteiger partial charge in [-0.15, -0.1) is 0 Å². The Morgan fingerprint density at radius 3 is 1.19 bits per heavy atom. The highest BCUT2D eigenvalue weighted by Gasteiger charge is 2.18. The van der Waals surface area contributed by atoms with Crippen LogP contribution in [0.25, 0.3) is 0 Å². The van der Waals surface area contributed by atoms with Crippen LogP contribution in [-0.2, 0) is 14.3 Å². The number of nitrogens with one attached hydrogen (secondary N) is 1. The second kappa shape index (κ2) is 59.1. The van der Waals surface area contributed by atoms with Crippen LogP contribution in [0.5, 0.6) is 0 Å². The van der Waals surface area contributed by atoms with Gasteiger partial charge < -0.3 is 20.3 Å². The normalized spacial score (nSPS) is 13.0. The molecule has 0 fully saturated rings. The molecular weight excluding hydrogens is 863 g/mol. The maximum atomic E-state index is 12.5. The van der Waals surface area contributed by atoms with E-state index in [2.05, 4.69) is 67.8 Å². The van der Waals surface area contributed by atoms with Gasteiger partial charge in [-0.25, -0.2) is 0 Å². The van der Waals surface area contributed by atoms with Crippen molar-refractivity contribution < 1.29 is 24.5 Å². The second-order valence-corrected chi connectivity index (χ2v) is 20.7. The molecule has 0 saturated heterocycles. The van der Waals surface area contributed by atoms with Crippen LogP contribution in [0.1, 0.15) is 309 Å². The molecule has 0 aliphatic heterocycles. The van der Waals surface area contributed by atoms with Gasteiger partial charge in [-0.3, -0.25) is 9.59 Å². The molecule has 1 amide bonds. The summed E-state index contributed by atoms with van der Waals surface area (Å²) in [6.45, 7) is 4.84. The van der Waals surface area contributed by atoms with Crippen molar-refractivity contribution in [2.75, 3.05) is 13.2 Å². The van der Waals surface area contributed by atoms with Crippen molar-refractivity contribution in [1.29, 1.82) is 0 Å². The number of rotatable bonds is 56. The first-order chi connectivity index (χ1) is 34.5. The number of esters is 1. The molecule has 0 rings (SSSR count). The lowest BCUT2D eigenvalue weighted by Gasteiger charge is -2.20. The van der Waals surface area contributed by atoms with Crippen LogP contribution in [0.4, 0.5) is 0 Å². The fraction of sp³-hybridized carbons (Fsp3) is 0.812. The van der Waals surface area contributed by atoms with Gasteiger partial charge in [-0.2, -0.15) is 0 Å². The molecule has 2 unspecified atom stereocenters. The molecule has 70 heavy (non-hydrogen) atoms. The molecule has 0 aromatic heterocycles. The SMILES string of the molecule is CCCCCC/C=C\C/C=C\CCCCCCCC(=O)OCCCCC/C=C\C=C/CCCCCCCCCCCCC(=O)NC(CO)C(O)/C=C/CCCCCCCCCCCCCCCCCC. The molecule has 0 heterocycles. The number of carbonyl (C=O) groups is 2. The van der Waals surface area contributed by atoms with Crippen molar-refractivity contribution in [3.05, 3.63) is 60.8 Å². The van der Waals surface area contributed by atoms with E-state index < -0.39 is 12.1 Å². The van der Waals surface area contributed by atoms with E-state index in [1.807, 2.05) is 6.08 Å². The Balaban J connectivity index is 3.52. The lowest BCUT2D eigenvalue weighted by molar-refractivity contribution is -0.143. The number of aliphatic hydroxyl groups is 2. The average molecular weight is 981 g/mol. The maximum absolute atomic E-state index is 12.5. The summed E-state index contributed by atoms with van der Waals surface area (Å²) in [5.74, 6) is -0.106. The Labute approximate surface area is 435 Å². The van der Waals surface area contributed by atoms with E-state index in [1.54, 1.807) is 6.08 Å². The average Bonchev–Trinajstić information content (AvgIpc) is 3.36. The third kappa shape index (κ3) is 54.9. The number of amides is 1. The summed E-state index contributed by atoms with van der Waals surface area (Å²) in [5, 5.41) is 23.2. The standard InChI is InChI=1S/C64H117NO5/c1-3-5-7-9-11-13-15-17-19-21-25-28-32-36-40-44-48-52-56-62(67)61(60-66)65-63(68)57-53-49-45-41-37-33-29-26-23-22-24-27-31-35-39-43-47-51-55-59-70-64(69)58-54-50-46-42-38-34-30-20-18-16-14-12-10-8-6-4-2/h14,16,20,27,30-31,35,39,52,56,61-62,66-67H,3-13,15,17-19,21-26,28-29,32-34,36-38,40-51,53-55,57-60H2,1-2H3,(H,65,68)/b16-14-,30-20-,31-27-,39-35-,56-52+. The zero-order valence-corrected chi connectivity index (χ0v) is 46.5. The largest absolute Gasteiger partial charge is 0.466 e. The fourth-order valence-corrected chi connectivity index (χ4v) is 9.07. The lowest BCUT2D eigenvalue weighted by Crippen LogP contribution is -2.45. The van der Waals surface area contributed by atoms with Crippen molar-refractivity contribution in [3.8, 4) is 0 Å². The van der Waals surface area contributed by atoms with Gasteiger partial charge in [-0.05, 0) is 96.3 Å². The molecule has 0 radical (unpaired) electrons. The molecule has 2 atom stereocenters. The van der Waals surface area contributed by atoms with E-state index in [1.165, 1.54) is 193 Å². The van der Waals surface area contributed by atoms with Crippen molar-refractivity contribution in [2.45, 2.75) is 321 Å². The predicted octanol–water partition coefficient (Wildman–Crippen LogP) is 19.1. The topological polar surface area (TPSA) is 95.9 Å². The third-order valence-electron chi connectivity index (χ3n) is 13.8. The molecule has 6 heteroatoms. The van der Waals surface area contributed by atoms with Gasteiger partial charge in [0.2, 0.25) is 5.91 Å². The Bertz CT molecular complexity index is 1220. The number of hydrogen-bond donors (Lipinski definition) is 3. The van der Waals surface area contributed by atoms with E-state index in [0.29, 0.717) is 19.4 Å². The first-order valence-electron chi connectivity index (χ1n) is 30.6. The molecule has 0 bridgehead atoms. The first kappa shape index (κ1) is 67.6. The summed E-state index contributed by atoms with van der Waals surface area (Å²) in [6.07, 6.45) is 76.8. The maximum Gasteiger partial charge on any atom is 0.305 e. The molecular formula is C64H117NO5. The van der Waals surface area contributed by atoms with E-state index in [-0.39, 0.29) is 18.5 Å². The molecule has 3 N–H and O–H groups in total. The summed E-state index contributed by atoms with van der Waals surface area (Å²) >= 11 is 0. The molecule has 408 valence electrons. The zero-order valence-electron chi connectivity index (χ0n) is 46.5. The molecule has 0 aliphatic carbocycles. The van der Waals surface area contributed by atoms with Crippen LogP contribution in [-0.4, -0.2) is 47.4 Å². The Morgan fingerprint density at radius 2 is 0.757 bits per heavy atom. The number of allylic oxidation sites excluding steroid dienone is 9. The van der Waals surface area contributed by atoms with Gasteiger partial charge in [0.05, 0.1) is 25.4 Å². The third-order valence-corrected chi connectivity index (χ3v) is 13.8. The number of carbonyl (C=O) groups excluding carboxylic acids is 2. The van der Waals surface area contributed by atoms with Crippen LogP contribution in [0.15, 0.2) is 60.8 Å². The minimum absolute atomic E-state index is 0.0281. The zero-order chi connectivity index (χ0) is 50.7. The van der Waals surface area contributed by atoms with E-state index in [0.717, 1.165) is 89.9 Å². The molecule has 0 aliphatic rings. The highest BCUT2D eigenvalue weighted by Crippen LogP contribution is 2.16. The highest BCUT2D eigenvalue weighted by atomic mass is 16.5. The molecule has 6 nitrogen and oxygen atoms in total. The van der Waals surface area contributed by atoms with Gasteiger partial charge in [0.25, 0.3) is 0 Å². The second-order valence-electron chi connectivity index (χ2n) is 20.7. The van der Waals surface area contributed by atoms with Crippen LogP contribution < -0.4 is 5.32 Å². The van der Waals surface area contributed by atoms with Gasteiger partial charge >= 0.3 is 5.97 Å². The number of unbranched alkanes of at least 4 members (excludes halogenated alkanes) is 38. The highest BCUT2D eigenvalue weighted by molar-refractivity contribution is 5.76. The van der Waals surface area contributed by atoms with E-state index in [9.17, 15) is 19.8 Å². The monoisotopic (exact) mass is 980 g/mol. The van der Waals surface area contributed by atoms with E-state index in [4.69, 9.17) is 4.74 Å². The van der Waals surface area contributed by atoms with Crippen molar-refractivity contribution >= 4 is 11.9 Å². The molecule has 0 aromatic carbocycles. The Morgan fingerprint density at radius 1 is 0.414 bits per heavy atom. The number of hydrogen-bond acceptors (Lipinski definition) is 5. The summed E-state index contributed by atoms with van der Waals surface area (Å²) in [4.78, 5) is 24.5. The smallest absolute Gasteiger partial charge is 0.305 e. The summed E-state index contributed by atoms with van der Waals surface area (Å²) in [5.41, 5.74) is 0. The van der Waals surface area contributed by atoms with E-state index >= 15 is 0 Å². The van der Waals surface area contributed by atoms with Crippen molar-refractivity contribution in [2.24, 2.45) is 0 Å². The fourth-order valence-electron chi connectivity index (χ4n) is 9.07. The van der Waals surface area contributed by atoms with Gasteiger partial charge in [-0.1, -0.05) is 261 Å². The van der Waals surface area contributed by atoms with Crippen molar-refractivity contribution in [3.63, 3.8) is 0 Å². The molecule has 0 spiro atoms. The summed E-state index contributed by atoms with van der Waals surface area (Å²) < 4.78 is 5.45.